The van der Waals surface area contributed by atoms with Gasteiger partial charge in [0.15, 0.2) is 0 Å². The van der Waals surface area contributed by atoms with Crippen LogP contribution in [0.15, 0.2) is 34.2 Å². The zero-order valence-corrected chi connectivity index (χ0v) is 11.8. The zero-order valence-electron chi connectivity index (χ0n) is 10.3. The number of hydrogen-bond donors (Lipinski definition) is 1. The van der Waals surface area contributed by atoms with Crippen molar-refractivity contribution in [3.8, 4) is 0 Å². The molecule has 1 heterocycles. The van der Waals surface area contributed by atoms with Gasteiger partial charge in [-0.25, -0.2) is 9.97 Å². The van der Waals surface area contributed by atoms with Crippen LogP contribution in [0.5, 0.6) is 0 Å². The molecule has 1 aromatic heterocycles. The van der Waals surface area contributed by atoms with E-state index in [-0.39, 0.29) is 0 Å². The van der Waals surface area contributed by atoms with Crippen LogP contribution in [-0.4, -0.2) is 9.97 Å². The number of benzene rings is 1. The highest BCUT2D eigenvalue weighted by Crippen LogP contribution is 2.31. The Morgan fingerprint density at radius 2 is 2.11 bits per heavy atom. The standard InChI is InChI=1S/C13H14ClN3S/c1-3-11-16-12(15)8(2)13(17-11)18-10-6-4-5-9(14)7-10/h4-7H,3H2,1-2H3,(H2,15,16,17). The van der Waals surface area contributed by atoms with Crippen LogP contribution in [0.4, 0.5) is 5.82 Å². The van der Waals surface area contributed by atoms with Crippen LogP contribution in [0, 0.1) is 6.92 Å². The lowest BCUT2D eigenvalue weighted by atomic mass is 10.3. The Kier molecular flexibility index (Phi) is 4.09. The molecule has 0 aliphatic heterocycles. The van der Waals surface area contributed by atoms with Crippen LogP contribution in [-0.2, 0) is 6.42 Å². The molecule has 0 atom stereocenters. The fourth-order valence-electron chi connectivity index (χ4n) is 1.46. The smallest absolute Gasteiger partial charge is 0.131 e. The van der Waals surface area contributed by atoms with Crippen molar-refractivity contribution in [1.29, 1.82) is 0 Å². The van der Waals surface area contributed by atoms with E-state index in [1.165, 1.54) is 0 Å². The van der Waals surface area contributed by atoms with E-state index in [1.807, 2.05) is 38.1 Å². The molecule has 94 valence electrons. The molecule has 0 aliphatic rings. The second-order valence-corrected chi connectivity index (χ2v) is 5.37. The van der Waals surface area contributed by atoms with Gasteiger partial charge in [-0.1, -0.05) is 36.4 Å². The SMILES string of the molecule is CCc1nc(N)c(C)c(Sc2cccc(Cl)c2)n1. The van der Waals surface area contributed by atoms with Crippen LogP contribution >= 0.6 is 23.4 Å². The van der Waals surface area contributed by atoms with E-state index in [1.54, 1.807) is 11.8 Å². The molecule has 3 nitrogen and oxygen atoms in total. The number of nitrogens with two attached hydrogens (primary N) is 1. The molecule has 0 saturated heterocycles. The van der Waals surface area contributed by atoms with Gasteiger partial charge in [0, 0.05) is 21.9 Å². The second-order valence-electron chi connectivity index (χ2n) is 3.87. The first kappa shape index (κ1) is 13.2. The van der Waals surface area contributed by atoms with Crippen LogP contribution < -0.4 is 5.73 Å². The Bertz CT molecular complexity index is 572. The van der Waals surface area contributed by atoms with Gasteiger partial charge in [0.05, 0.1) is 0 Å². The molecule has 0 radical (unpaired) electrons. The molecule has 2 N–H and O–H groups in total. The summed E-state index contributed by atoms with van der Waals surface area (Å²) in [6.07, 6.45) is 0.771. The molecule has 0 spiro atoms. The van der Waals surface area contributed by atoms with Crippen molar-refractivity contribution < 1.29 is 0 Å². The van der Waals surface area contributed by atoms with E-state index >= 15 is 0 Å². The third kappa shape index (κ3) is 2.94. The molecule has 0 amide bonds. The van der Waals surface area contributed by atoms with Crippen LogP contribution in [0.25, 0.3) is 0 Å². The summed E-state index contributed by atoms with van der Waals surface area (Å²) in [5.41, 5.74) is 6.80. The van der Waals surface area contributed by atoms with Crippen molar-refractivity contribution >= 4 is 29.2 Å². The first-order valence-electron chi connectivity index (χ1n) is 5.66. The molecule has 0 unspecified atom stereocenters. The predicted octanol–water partition coefficient (Wildman–Crippen LogP) is 3.73. The summed E-state index contributed by atoms with van der Waals surface area (Å²) in [4.78, 5) is 9.79. The van der Waals surface area contributed by atoms with Crippen LogP contribution in [0.3, 0.4) is 0 Å². The fourth-order valence-corrected chi connectivity index (χ4v) is 2.68. The maximum Gasteiger partial charge on any atom is 0.131 e. The molecule has 0 fully saturated rings. The van der Waals surface area contributed by atoms with Crippen molar-refractivity contribution in [2.24, 2.45) is 0 Å². The highest BCUT2D eigenvalue weighted by Gasteiger charge is 2.09. The average Bonchev–Trinajstić information content (AvgIpc) is 2.34. The van der Waals surface area contributed by atoms with E-state index in [9.17, 15) is 0 Å². The van der Waals surface area contributed by atoms with Crippen LogP contribution in [0.2, 0.25) is 5.02 Å². The molecule has 0 aliphatic carbocycles. The van der Waals surface area contributed by atoms with Gasteiger partial charge in [-0.2, -0.15) is 0 Å². The number of aromatic nitrogens is 2. The molecule has 18 heavy (non-hydrogen) atoms. The van der Waals surface area contributed by atoms with Crippen LogP contribution in [0.1, 0.15) is 18.3 Å². The average molecular weight is 280 g/mol. The summed E-state index contributed by atoms with van der Waals surface area (Å²) in [7, 11) is 0. The molecule has 0 saturated carbocycles. The Morgan fingerprint density at radius 1 is 1.33 bits per heavy atom. The zero-order chi connectivity index (χ0) is 13.1. The molecular formula is C13H14ClN3S. The lowest BCUT2D eigenvalue weighted by Crippen LogP contribution is -2.03. The molecule has 0 bridgehead atoms. The highest BCUT2D eigenvalue weighted by molar-refractivity contribution is 7.99. The van der Waals surface area contributed by atoms with E-state index in [4.69, 9.17) is 17.3 Å². The Labute approximate surface area is 116 Å². The number of nitrogen functional groups attached to an aromatic ring is 1. The lowest BCUT2D eigenvalue weighted by Gasteiger charge is -2.08. The summed E-state index contributed by atoms with van der Waals surface area (Å²) in [5.74, 6) is 1.31. The number of anilines is 1. The van der Waals surface area contributed by atoms with Gasteiger partial charge in [0.2, 0.25) is 0 Å². The lowest BCUT2D eigenvalue weighted by molar-refractivity contribution is 0.878. The topological polar surface area (TPSA) is 51.8 Å². The van der Waals surface area contributed by atoms with Crippen molar-refractivity contribution in [1.82, 2.24) is 9.97 Å². The number of hydrogen-bond acceptors (Lipinski definition) is 4. The van der Waals surface area contributed by atoms with Gasteiger partial charge in [-0.15, -0.1) is 0 Å². The van der Waals surface area contributed by atoms with Gasteiger partial charge in [-0.3, -0.25) is 0 Å². The molecule has 2 aromatic rings. The quantitative estimate of drug-likeness (QED) is 0.870. The number of rotatable bonds is 3. The summed E-state index contributed by atoms with van der Waals surface area (Å²) in [5, 5.41) is 1.61. The Hall–Kier alpha value is -1.26. The van der Waals surface area contributed by atoms with Gasteiger partial charge < -0.3 is 5.73 Å². The van der Waals surface area contributed by atoms with Gasteiger partial charge >= 0.3 is 0 Å². The second kappa shape index (κ2) is 5.59. The highest BCUT2D eigenvalue weighted by atomic mass is 35.5. The molecule has 1 aromatic carbocycles. The van der Waals surface area contributed by atoms with Crippen molar-refractivity contribution in [3.63, 3.8) is 0 Å². The number of halogens is 1. The third-order valence-corrected chi connectivity index (χ3v) is 3.83. The number of aryl methyl sites for hydroxylation is 1. The predicted molar refractivity (Wildman–Crippen MR) is 76.1 cm³/mol. The maximum atomic E-state index is 5.97. The third-order valence-electron chi connectivity index (χ3n) is 2.51. The summed E-state index contributed by atoms with van der Waals surface area (Å²) >= 11 is 7.53. The maximum absolute atomic E-state index is 5.97. The first-order chi connectivity index (χ1) is 8.60. The van der Waals surface area contributed by atoms with E-state index in [0.717, 1.165) is 32.8 Å². The Balaban J connectivity index is 2.36. The van der Waals surface area contributed by atoms with Crippen molar-refractivity contribution in [2.45, 2.75) is 30.2 Å². The van der Waals surface area contributed by atoms with Crippen molar-refractivity contribution in [2.75, 3.05) is 5.73 Å². The monoisotopic (exact) mass is 279 g/mol. The van der Waals surface area contributed by atoms with E-state index in [0.29, 0.717) is 5.82 Å². The minimum atomic E-state index is 0.548. The summed E-state index contributed by atoms with van der Waals surface area (Å²) in [6.45, 7) is 3.94. The largest absolute Gasteiger partial charge is 0.383 e. The minimum absolute atomic E-state index is 0.548. The van der Waals surface area contributed by atoms with E-state index in [2.05, 4.69) is 9.97 Å². The Morgan fingerprint density at radius 3 is 2.78 bits per heavy atom. The summed E-state index contributed by atoms with van der Waals surface area (Å²) in [6, 6.07) is 7.69. The first-order valence-corrected chi connectivity index (χ1v) is 6.86. The number of nitrogens with zero attached hydrogens (tertiary/aromatic N) is 2. The molecule has 5 heteroatoms. The van der Waals surface area contributed by atoms with E-state index < -0.39 is 0 Å². The minimum Gasteiger partial charge on any atom is -0.383 e. The van der Waals surface area contributed by atoms with Gasteiger partial charge in [0.25, 0.3) is 0 Å². The van der Waals surface area contributed by atoms with Gasteiger partial charge in [-0.05, 0) is 25.1 Å². The van der Waals surface area contributed by atoms with Gasteiger partial charge in [0.1, 0.15) is 16.7 Å². The fraction of sp³-hybridized carbons (Fsp3) is 0.231. The van der Waals surface area contributed by atoms with Crippen molar-refractivity contribution in [3.05, 3.63) is 40.7 Å². The normalized spacial score (nSPS) is 10.6. The molecular weight excluding hydrogens is 266 g/mol. The summed E-state index contributed by atoms with van der Waals surface area (Å²) < 4.78 is 0. The molecule has 2 rings (SSSR count).